The van der Waals surface area contributed by atoms with E-state index < -0.39 is 8.32 Å². The molecular weight excluding hydrogens is 188 g/mol. The van der Waals surface area contributed by atoms with Crippen molar-refractivity contribution in [2.75, 3.05) is 0 Å². The van der Waals surface area contributed by atoms with Crippen LogP contribution in [0.25, 0.3) is 0 Å². The summed E-state index contributed by atoms with van der Waals surface area (Å²) in [6.45, 7) is 9.20. The maximum Gasteiger partial charge on any atom is 0.184 e. The summed E-state index contributed by atoms with van der Waals surface area (Å²) in [5, 5.41) is 0. The zero-order chi connectivity index (χ0) is 10.6. The fourth-order valence-corrected chi connectivity index (χ4v) is 3.21. The topological polar surface area (TPSA) is 9.23 Å². The lowest BCUT2D eigenvalue weighted by molar-refractivity contribution is 0.121. The molecule has 1 rings (SSSR count). The fraction of sp³-hybridized carbons (Fsp3) is 0.833. The smallest absolute Gasteiger partial charge is 0.184 e. The zero-order valence-corrected chi connectivity index (χ0v) is 11.0. The molecule has 0 N–H and O–H groups in total. The molecule has 82 valence electrons. The highest BCUT2D eigenvalue weighted by Crippen LogP contribution is 2.24. The van der Waals surface area contributed by atoms with Crippen molar-refractivity contribution in [1.82, 2.24) is 0 Å². The molecule has 2 atom stereocenters. The molecule has 1 aliphatic rings. The fourth-order valence-electron chi connectivity index (χ4n) is 1.95. The van der Waals surface area contributed by atoms with Gasteiger partial charge in [-0.3, -0.25) is 0 Å². The van der Waals surface area contributed by atoms with Crippen LogP contribution in [0.3, 0.4) is 0 Å². The van der Waals surface area contributed by atoms with Crippen molar-refractivity contribution in [1.29, 1.82) is 0 Å². The molecule has 1 nitrogen and oxygen atoms in total. The quantitative estimate of drug-likeness (QED) is 0.497. The molecule has 0 aromatic heterocycles. The summed E-state index contributed by atoms with van der Waals surface area (Å²) < 4.78 is 6.23. The van der Waals surface area contributed by atoms with Crippen LogP contribution in [0.2, 0.25) is 19.6 Å². The second-order valence-electron chi connectivity index (χ2n) is 5.37. The van der Waals surface area contributed by atoms with E-state index in [2.05, 4.69) is 38.7 Å². The third-order valence-corrected chi connectivity index (χ3v) is 3.72. The molecule has 2 unspecified atom stereocenters. The van der Waals surface area contributed by atoms with Gasteiger partial charge in [0.15, 0.2) is 8.32 Å². The first-order valence-corrected chi connectivity index (χ1v) is 9.23. The maximum absolute atomic E-state index is 6.23. The van der Waals surface area contributed by atoms with Crippen LogP contribution in [0.15, 0.2) is 12.2 Å². The van der Waals surface area contributed by atoms with Crippen molar-refractivity contribution < 1.29 is 4.43 Å². The summed E-state index contributed by atoms with van der Waals surface area (Å²) in [5.74, 6) is 0.728. The Hall–Kier alpha value is -0.0831. The monoisotopic (exact) mass is 212 g/mol. The van der Waals surface area contributed by atoms with Gasteiger partial charge in [0, 0.05) is 6.10 Å². The van der Waals surface area contributed by atoms with E-state index in [0.717, 1.165) is 5.92 Å². The molecule has 0 amide bonds. The molecule has 0 bridgehead atoms. The normalized spacial score (nSPS) is 32.0. The summed E-state index contributed by atoms with van der Waals surface area (Å²) >= 11 is 0. The molecule has 0 radical (unpaired) electrons. The average Bonchev–Trinajstić information content (AvgIpc) is 2.03. The first-order chi connectivity index (χ1) is 6.49. The summed E-state index contributed by atoms with van der Waals surface area (Å²) in [7, 11) is -1.35. The largest absolute Gasteiger partial charge is 0.414 e. The van der Waals surface area contributed by atoms with E-state index in [1.165, 1.54) is 25.7 Å². The van der Waals surface area contributed by atoms with Gasteiger partial charge in [-0.2, -0.15) is 0 Å². The van der Waals surface area contributed by atoms with Gasteiger partial charge in [0.2, 0.25) is 0 Å². The summed E-state index contributed by atoms with van der Waals surface area (Å²) in [5.41, 5.74) is 0. The molecule has 1 aliphatic carbocycles. The van der Waals surface area contributed by atoms with Crippen LogP contribution < -0.4 is 0 Å². The molecule has 0 aromatic carbocycles. The molecule has 0 fully saturated rings. The SMILES string of the molecule is CC1CC/C=C\CCC1O[Si](C)(C)C. The lowest BCUT2D eigenvalue weighted by Crippen LogP contribution is -2.35. The van der Waals surface area contributed by atoms with Gasteiger partial charge in [-0.25, -0.2) is 0 Å². The molecular formula is C12H24OSi. The van der Waals surface area contributed by atoms with E-state index in [0.29, 0.717) is 6.10 Å². The van der Waals surface area contributed by atoms with E-state index in [4.69, 9.17) is 4.43 Å². The van der Waals surface area contributed by atoms with Crippen LogP contribution >= 0.6 is 0 Å². The summed E-state index contributed by atoms with van der Waals surface area (Å²) in [6, 6.07) is 0. The number of hydrogen-bond donors (Lipinski definition) is 0. The highest BCUT2D eigenvalue weighted by Gasteiger charge is 2.25. The van der Waals surface area contributed by atoms with Gasteiger partial charge in [-0.05, 0) is 51.2 Å². The molecule has 14 heavy (non-hydrogen) atoms. The standard InChI is InChI=1S/C12H24OSi/c1-11-9-7-5-6-8-10-12(11)13-14(2,3)4/h5-6,11-12H,7-10H2,1-4H3/b6-5-. The minimum Gasteiger partial charge on any atom is -0.414 e. The maximum atomic E-state index is 6.23. The average molecular weight is 212 g/mol. The van der Waals surface area contributed by atoms with E-state index in [-0.39, 0.29) is 0 Å². The van der Waals surface area contributed by atoms with E-state index in [9.17, 15) is 0 Å². The van der Waals surface area contributed by atoms with Crippen molar-refractivity contribution in [2.24, 2.45) is 5.92 Å². The van der Waals surface area contributed by atoms with Crippen molar-refractivity contribution in [2.45, 2.75) is 58.4 Å². The number of rotatable bonds is 2. The van der Waals surface area contributed by atoms with Crippen LogP contribution in [0, 0.1) is 5.92 Å². The van der Waals surface area contributed by atoms with Gasteiger partial charge in [0.1, 0.15) is 0 Å². The number of allylic oxidation sites excluding steroid dienone is 2. The lowest BCUT2D eigenvalue weighted by atomic mass is 9.93. The van der Waals surface area contributed by atoms with Crippen molar-refractivity contribution in [3.8, 4) is 0 Å². The molecule has 0 saturated heterocycles. The van der Waals surface area contributed by atoms with Gasteiger partial charge in [0.05, 0.1) is 0 Å². The lowest BCUT2D eigenvalue weighted by Gasteiger charge is -2.31. The highest BCUT2D eigenvalue weighted by molar-refractivity contribution is 6.69. The first-order valence-electron chi connectivity index (χ1n) is 5.82. The zero-order valence-electron chi connectivity index (χ0n) is 10.0. The Morgan fingerprint density at radius 2 is 1.64 bits per heavy atom. The van der Waals surface area contributed by atoms with Crippen molar-refractivity contribution in [3.05, 3.63) is 12.2 Å². The van der Waals surface area contributed by atoms with Crippen molar-refractivity contribution >= 4 is 8.32 Å². The van der Waals surface area contributed by atoms with E-state index in [1.54, 1.807) is 0 Å². The highest BCUT2D eigenvalue weighted by atomic mass is 28.4. The van der Waals surface area contributed by atoms with Crippen LogP contribution in [0.1, 0.15) is 32.6 Å². The Kier molecular flexibility index (Phi) is 4.39. The molecule has 0 aromatic rings. The molecule has 0 heterocycles. The second kappa shape index (κ2) is 5.13. The molecule has 2 heteroatoms. The predicted molar refractivity (Wildman–Crippen MR) is 65.0 cm³/mol. The predicted octanol–water partition coefficient (Wildman–Crippen LogP) is 3.97. The second-order valence-corrected chi connectivity index (χ2v) is 9.83. The van der Waals surface area contributed by atoms with Crippen LogP contribution in [0.4, 0.5) is 0 Å². The minimum atomic E-state index is -1.35. The van der Waals surface area contributed by atoms with Crippen LogP contribution in [0.5, 0.6) is 0 Å². The Morgan fingerprint density at radius 1 is 1.07 bits per heavy atom. The van der Waals surface area contributed by atoms with Gasteiger partial charge in [-0.15, -0.1) is 0 Å². The van der Waals surface area contributed by atoms with Crippen LogP contribution in [-0.4, -0.2) is 14.4 Å². The molecule has 0 aliphatic heterocycles. The Morgan fingerprint density at radius 3 is 2.21 bits per heavy atom. The van der Waals surface area contributed by atoms with Gasteiger partial charge < -0.3 is 4.43 Å². The van der Waals surface area contributed by atoms with Gasteiger partial charge in [0.25, 0.3) is 0 Å². The Bertz CT molecular complexity index is 193. The molecule has 0 saturated carbocycles. The van der Waals surface area contributed by atoms with Gasteiger partial charge in [-0.1, -0.05) is 19.1 Å². The minimum absolute atomic E-state index is 0.506. The summed E-state index contributed by atoms with van der Waals surface area (Å²) in [6.07, 6.45) is 10.1. The van der Waals surface area contributed by atoms with Crippen molar-refractivity contribution in [3.63, 3.8) is 0 Å². The summed E-state index contributed by atoms with van der Waals surface area (Å²) in [4.78, 5) is 0. The van der Waals surface area contributed by atoms with Gasteiger partial charge >= 0.3 is 0 Å². The Balaban J connectivity index is 2.51. The van der Waals surface area contributed by atoms with Crippen LogP contribution in [-0.2, 0) is 4.43 Å². The Labute approximate surface area is 89.7 Å². The van der Waals surface area contributed by atoms with E-state index in [1.807, 2.05) is 0 Å². The number of hydrogen-bond acceptors (Lipinski definition) is 1. The molecule has 0 spiro atoms. The third-order valence-electron chi connectivity index (χ3n) is 2.71. The van der Waals surface area contributed by atoms with E-state index >= 15 is 0 Å². The first kappa shape index (κ1) is 12.0. The third kappa shape index (κ3) is 4.42.